The van der Waals surface area contributed by atoms with E-state index in [0.29, 0.717) is 6.54 Å². The zero-order chi connectivity index (χ0) is 11.9. The molecule has 88 valence electrons. The highest BCUT2D eigenvalue weighted by atomic mass is 79.9. The Morgan fingerprint density at radius 1 is 1.50 bits per heavy atom. The molecule has 0 spiro atoms. The van der Waals surface area contributed by atoms with Crippen molar-refractivity contribution in [2.75, 3.05) is 7.05 Å². The van der Waals surface area contributed by atoms with Crippen LogP contribution in [0.5, 0.6) is 0 Å². The summed E-state index contributed by atoms with van der Waals surface area (Å²) in [7, 11) is 1.85. The van der Waals surface area contributed by atoms with Crippen molar-refractivity contribution in [1.82, 2.24) is 14.5 Å². The van der Waals surface area contributed by atoms with Crippen LogP contribution in [0.4, 0.5) is 0 Å². The highest BCUT2D eigenvalue weighted by Gasteiger charge is 2.33. The molecule has 0 saturated heterocycles. The number of amides is 1. The van der Waals surface area contributed by atoms with E-state index in [-0.39, 0.29) is 11.9 Å². The van der Waals surface area contributed by atoms with Gasteiger partial charge >= 0.3 is 0 Å². The second kappa shape index (κ2) is 4.20. The predicted octanol–water partition coefficient (Wildman–Crippen LogP) is 2.13. The van der Waals surface area contributed by atoms with Gasteiger partial charge in [-0.2, -0.15) is 0 Å². The second-order valence-corrected chi connectivity index (χ2v) is 4.86. The largest absolute Gasteiger partial charge is 0.338 e. The molecule has 5 heteroatoms. The topological polar surface area (TPSA) is 38.1 Å². The molecular formula is C11H16BrN3O. The number of fused-ring (bicyclic) bond motifs is 1. The minimum Gasteiger partial charge on any atom is -0.338 e. The van der Waals surface area contributed by atoms with Gasteiger partial charge in [-0.3, -0.25) is 4.79 Å². The number of hydrogen-bond acceptors (Lipinski definition) is 2. The summed E-state index contributed by atoms with van der Waals surface area (Å²) in [6, 6.07) is -0.0810. The molecule has 0 aromatic carbocycles. The number of nitrogens with zero attached hydrogens (tertiary/aromatic N) is 3. The number of likely N-dealkylation sites (N-methyl/N-ethyl adjacent to an activating group) is 1. The average molecular weight is 286 g/mol. The molecule has 1 atom stereocenters. The average Bonchev–Trinajstić information content (AvgIpc) is 2.58. The quantitative estimate of drug-likeness (QED) is 0.835. The minimum absolute atomic E-state index is 0.0810. The van der Waals surface area contributed by atoms with Crippen molar-refractivity contribution in [1.29, 1.82) is 0 Å². The van der Waals surface area contributed by atoms with E-state index in [0.717, 1.165) is 29.0 Å². The van der Waals surface area contributed by atoms with E-state index < -0.39 is 0 Å². The first kappa shape index (κ1) is 11.6. The van der Waals surface area contributed by atoms with Crippen molar-refractivity contribution in [3.8, 4) is 0 Å². The van der Waals surface area contributed by atoms with Crippen LogP contribution in [0.3, 0.4) is 0 Å². The molecule has 4 nitrogen and oxygen atoms in total. The normalized spacial score (nSPS) is 20.1. The lowest BCUT2D eigenvalue weighted by Gasteiger charge is -2.32. The zero-order valence-electron chi connectivity index (χ0n) is 9.83. The molecule has 1 aromatic rings. The molecule has 0 N–H and O–H groups in total. The summed E-state index contributed by atoms with van der Waals surface area (Å²) >= 11 is 3.48. The van der Waals surface area contributed by atoms with Crippen LogP contribution >= 0.6 is 15.9 Å². The molecule has 0 aliphatic carbocycles. The molecule has 2 heterocycles. The van der Waals surface area contributed by atoms with Gasteiger partial charge in [-0.15, -0.1) is 0 Å². The molecule has 0 fully saturated rings. The lowest BCUT2D eigenvalue weighted by Crippen LogP contribution is -2.40. The molecule has 1 amide bonds. The highest BCUT2D eigenvalue weighted by Crippen LogP contribution is 2.30. The van der Waals surface area contributed by atoms with Crippen LogP contribution in [-0.2, 0) is 17.8 Å². The Balaban J connectivity index is 2.57. The van der Waals surface area contributed by atoms with E-state index in [9.17, 15) is 4.79 Å². The first-order valence-electron chi connectivity index (χ1n) is 5.60. The van der Waals surface area contributed by atoms with Crippen molar-refractivity contribution in [3.05, 3.63) is 16.1 Å². The number of halogens is 1. The van der Waals surface area contributed by atoms with Crippen LogP contribution in [0.2, 0.25) is 0 Å². The number of rotatable bonds is 2. The monoisotopic (exact) mass is 285 g/mol. The van der Waals surface area contributed by atoms with E-state index in [4.69, 9.17) is 0 Å². The van der Waals surface area contributed by atoms with Crippen molar-refractivity contribution >= 4 is 21.8 Å². The van der Waals surface area contributed by atoms with Crippen molar-refractivity contribution in [2.45, 2.75) is 39.3 Å². The standard InChI is InChI=1S/C11H16BrN3O/c1-4-7-11(16)14(3)6-8-10(12)13-9(5-2)15(7)8/h7H,4-6H2,1-3H3. The minimum atomic E-state index is -0.0810. The maximum absolute atomic E-state index is 12.1. The molecule has 0 saturated carbocycles. The van der Waals surface area contributed by atoms with Gasteiger partial charge in [0.1, 0.15) is 16.5 Å². The number of aromatic nitrogens is 2. The molecule has 1 aromatic heterocycles. The van der Waals surface area contributed by atoms with Crippen LogP contribution in [0.15, 0.2) is 4.60 Å². The molecule has 1 unspecified atom stereocenters. The third-order valence-electron chi connectivity index (χ3n) is 3.10. The summed E-state index contributed by atoms with van der Waals surface area (Å²) in [5.41, 5.74) is 1.12. The van der Waals surface area contributed by atoms with Gasteiger partial charge in [0.05, 0.1) is 12.2 Å². The van der Waals surface area contributed by atoms with Gasteiger partial charge in [0, 0.05) is 13.5 Å². The van der Waals surface area contributed by atoms with Gasteiger partial charge in [-0.05, 0) is 22.4 Å². The summed E-state index contributed by atoms with van der Waals surface area (Å²) < 4.78 is 2.98. The number of aryl methyl sites for hydroxylation is 1. The molecule has 16 heavy (non-hydrogen) atoms. The Bertz CT molecular complexity index is 427. The van der Waals surface area contributed by atoms with Gasteiger partial charge in [-0.25, -0.2) is 4.98 Å². The SMILES string of the molecule is CCc1nc(Br)c2n1C(CC)C(=O)N(C)C2. The Morgan fingerprint density at radius 3 is 2.75 bits per heavy atom. The van der Waals surface area contributed by atoms with Crippen LogP contribution in [0.1, 0.15) is 37.8 Å². The summed E-state index contributed by atoms with van der Waals surface area (Å²) in [5.74, 6) is 1.18. The Morgan fingerprint density at radius 2 is 2.19 bits per heavy atom. The number of imidazole rings is 1. The van der Waals surface area contributed by atoms with Gasteiger partial charge < -0.3 is 9.47 Å². The third kappa shape index (κ3) is 1.57. The fourth-order valence-electron chi connectivity index (χ4n) is 2.27. The first-order valence-corrected chi connectivity index (χ1v) is 6.39. The van der Waals surface area contributed by atoms with Crippen LogP contribution in [-0.4, -0.2) is 27.4 Å². The van der Waals surface area contributed by atoms with Crippen LogP contribution in [0.25, 0.3) is 0 Å². The predicted molar refractivity (Wildman–Crippen MR) is 65.1 cm³/mol. The van der Waals surface area contributed by atoms with Crippen molar-refractivity contribution < 1.29 is 4.79 Å². The van der Waals surface area contributed by atoms with Gasteiger partial charge in [0.15, 0.2) is 0 Å². The molecular weight excluding hydrogens is 270 g/mol. The maximum atomic E-state index is 12.1. The molecule has 2 rings (SSSR count). The van der Waals surface area contributed by atoms with Gasteiger partial charge in [0.2, 0.25) is 5.91 Å². The van der Waals surface area contributed by atoms with Gasteiger partial charge in [-0.1, -0.05) is 13.8 Å². The fourth-order valence-corrected chi connectivity index (χ4v) is 2.79. The summed E-state index contributed by atoms with van der Waals surface area (Å²) in [6.07, 6.45) is 1.66. The number of carbonyl (C=O) groups excluding carboxylic acids is 1. The Labute approximate surface area is 104 Å². The first-order chi connectivity index (χ1) is 7.60. The van der Waals surface area contributed by atoms with E-state index in [1.165, 1.54) is 0 Å². The number of carbonyl (C=O) groups is 1. The smallest absolute Gasteiger partial charge is 0.245 e. The van der Waals surface area contributed by atoms with Crippen LogP contribution in [0, 0.1) is 0 Å². The van der Waals surface area contributed by atoms with Crippen molar-refractivity contribution in [3.63, 3.8) is 0 Å². The molecule has 0 bridgehead atoms. The third-order valence-corrected chi connectivity index (χ3v) is 3.73. The molecule has 0 radical (unpaired) electrons. The Hall–Kier alpha value is -0.840. The van der Waals surface area contributed by atoms with Crippen LogP contribution < -0.4 is 0 Å². The van der Waals surface area contributed by atoms with Gasteiger partial charge in [0.25, 0.3) is 0 Å². The van der Waals surface area contributed by atoms with E-state index in [1.807, 2.05) is 14.0 Å². The summed E-state index contributed by atoms with van der Waals surface area (Å²) in [5, 5.41) is 0. The molecule has 1 aliphatic rings. The zero-order valence-corrected chi connectivity index (χ0v) is 11.4. The fraction of sp³-hybridized carbons (Fsp3) is 0.636. The summed E-state index contributed by atoms with van der Waals surface area (Å²) in [4.78, 5) is 18.3. The van der Waals surface area contributed by atoms with E-state index in [1.54, 1.807) is 4.90 Å². The molecule has 1 aliphatic heterocycles. The summed E-state index contributed by atoms with van der Waals surface area (Å²) in [6.45, 7) is 4.75. The highest BCUT2D eigenvalue weighted by molar-refractivity contribution is 9.10. The Kier molecular flexibility index (Phi) is 3.06. The van der Waals surface area contributed by atoms with Crippen molar-refractivity contribution in [2.24, 2.45) is 0 Å². The number of hydrogen-bond donors (Lipinski definition) is 0. The van der Waals surface area contributed by atoms with E-state index >= 15 is 0 Å². The van der Waals surface area contributed by atoms with E-state index in [2.05, 4.69) is 32.4 Å². The second-order valence-electron chi connectivity index (χ2n) is 4.11. The lowest BCUT2D eigenvalue weighted by molar-refractivity contribution is -0.136. The lowest BCUT2D eigenvalue weighted by atomic mass is 10.1. The maximum Gasteiger partial charge on any atom is 0.245 e.